The maximum atomic E-state index is 6.02. The van der Waals surface area contributed by atoms with Crippen LogP contribution >= 0.6 is 27.5 Å². The molecule has 1 heterocycles. The molecule has 1 nitrogen and oxygen atoms in total. The van der Waals surface area contributed by atoms with E-state index in [1.807, 2.05) is 0 Å². The minimum Gasteiger partial charge on any atom is -0.295 e. The summed E-state index contributed by atoms with van der Waals surface area (Å²) in [4.78, 5) is 2.51. The Labute approximate surface area is 111 Å². The van der Waals surface area contributed by atoms with Gasteiger partial charge in [-0.2, -0.15) is 0 Å². The molecule has 0 amide bonds. The van der Waals surface area contributed by atoms with E-state index >= 15 is 0 Å². The van der Waals surface area contributed by atoms with Crippen LogP contribution in [0.15, 0.2) is 28.7 Å². The number of hydrogen-bond acceptors (Lipinski definition) is 1. The molecule has 0 radical (unpaired) electrons. The van der Waals surface area contributed by atoms with E-state index in [1.165, 1.54) is 31.4 Å². The maximum absolute atomic E-state index is 6.02. The minimum absolute atomic E-state index is 0.564. The first-order chi connectivity index (χ1) is 7.79. The molecule has 2 rings (SSSR count). The molecule has 16 heavy (non-hydrogen) atoms. The van der Waals surface area contributed by atoms with E-state index < -0.39 is 0 Å². The first-order valence-corrected chi connectivity index (χ1v) is 7.17. The average molecular weight is 303 g/mol. The van der Waals surface area contributed by atoms with Crippen molar-refractivity contribution in [2.75, 3.05) is 12.4 Å². The highest BCUT2D eigenvalue weighted by Gasteiger charge is 2.21. The highest BCUT2D eigenvalue weighted by molar-refractivity contribution is 9.10. The van der Waals surface area contributed by atoms with Crippen LogP contribution in [0.5, 0.6) is 0 Å². The van der Waals surface area contributed by atoms with Crippen LogP contribution < -0.4 is 0 Å². The first-order valence-electron chi connectivity index (χ1n) is 5.84. The number of alkyl halides is 1. The second kappa shape index (κ2) is 6.04. The molecule has 1 atom stereocenters. The summed E-state index contributed by atoms with van der Waals surface area (Å²) in [6.45, 7) is 2.21. The topological polar surface area (TPSA) is 3.24 Å². The quantitative estimate of drug-likeness (QED) is 0.762. The summed E-state index contributed by atoms with van der Waals surface area (Å²) in [5, 5.41) is 0. The van der Waals surface area contributed by atoms with Gasteiger partial charge < -0.3 is 0 Å². The molecule has 88 valence electrons. The molecule has 1 aromatic carbocycles. The van der Waals surface area contributed by atoms with Gasteiger partial charge in [0, 0.05) is 22.9 Å². The summed E-state index contributed by atoms with van der Waals surface area (Å²) in [6, 6.07) is 9.11. The third-order valence-corrected chi connectivity index (χ3v) is 4.05. The lowest BCUT2D eigenvalue weighted by atomic mass is 10.0. The van der Waals surface area contributed by atoms with Crippen LogP contribution in [0.4, 0.5) is 0 Å². The van der Waals surface area contributed by atoms with Crippen molar-refractivity contribution < 1.29 is 0 Å². The highest BCUT2D eigenvalue weighted by atomic mass is 79.9. The van der Waals surface area contributed by atoms with Gasteiger partial charge in [-0.1, -0.05) is 34.5 Å². The van der Waals surface area contributed by atoms with Crippen LogP contribution in [0.25, 0.3) is 0 Å². The molecule has 0 N–H and O–H groups in total. The summed E-state index contributed by atoms with van der Waals surface area (Å²) in [7, 11) is 0. The fourth-order valence-corrected chi connectivity index (χ4v) is 3.11. The lowest BCUT2D eigenvalue weighted by Crippen LogP contribution is -2.40. The van der Waals surface area contributed by atoms with Crippen LogP contribution in [0.3, 0.4) is 0 Å². The van der Waals surface area contributed by atoms with Crippen LogP contribution in [-0.2, 0) is 6.54 Å². The largest absolute Gasteiger partial charge is 0.295 e. The SMILES string of the molecule is ClCC1CCCCN1Cc1cccc(Br)c1. The molecule has 0 aromatic heterocycles. The third kappa shape index (κ3) is 3.22. The van der Waals surface area contributed by atoms with Gasteiger partial charge in [0.05, 0.1) is 0 Å². The van der Waals surface area contributed by atoms with E-state index in [0.717, 1.165) is 16.9 Å². The number of piperidine rings is 1. The predicted molar refractivity (Wildman–Crippen MR) is 72.9 cm³/mol. The molecule has 1 aliphatic heterocycles. The Kier molecular flexibility index (Phi) is 4.68. The molecular weight excluding hydrogens is 286 g/mol. The van der Waals surface area contributed by atoms with Crippen molar-refractivity contribution >= 4 is 27.5 Å². The van der Waals surface area contributed by atoms with Gasteiger partial charge in [0.15, 0.2) is 0 Å². The third-order valence-electron chi connectivity index (χ3n) is 3.20. The van der Waals surface area contributed by atoms with Crippen molar-refractivity contribution in [2.45, 2.75) is 31.8 Å². The molecular formula is C13H17BrClN. The van der Waals surface area contributed by atoms with Crippen LogP contribution in [0, 0.1) is 0 Å². The van der Waals surface area contributed by atoms with Gasteiger partial charge in [-0.25, -0.2) is 0 Å². The fraction of sp³-hybridized carbons (Fsp3) is 0.538. The number of hydrogen-bond donors (Lipinski definition) is 0. The van der Waals surface area contributed by atoms with Crippen molar-refractivity contribution in [3.63, 3.8) is 0 Å². The van der Waals surface area contributed by atoms with Gasteiger partial charge in [-0.3, -0.25) is 4.90 Å². The maximum Gasteiger partial charge on any atom is 0.0379 e. The van der Waals surface area contributed by atoms with Gasteiger partial charge in [0.2, 0.25) is 0 Å². The second-order valence-electron chi connectivity index (χ2n) is 4.40. The molecule has 1 fully saturated rings. The van der Waals surface area contributed by atoms with E-state index in [9.17, 15) is 0 Å². The molecule has 3 heteroatoms. The van der Waals surface area contributed by atoms with Gasteiger partial charge >= 0.3 is 0 Å². The lowest BCUT2D eigenvalue weighted by molar-refractivity contribution is 0.155. The highest BCUT2D eigenvalue weighted by Crippen LogP contribution is 2.21. The Morgan fingerprint density at radius 1 is 1.38 bits per heavy atom. The van der Waals surface area contributed by atoms with Gasteiger partial charge in [0.1, 0.15) is 0 Å². The van der Waals surface area contributed by atoms with Crippen molar-refractivity contribution in [1.29, 1.82) is 0 Å². The molecule has 1 aromatic rings. The Morgan fingerprint density at radius 3 is 3.00 bits per heavy atom. The Morgan fingerprint density at radius 2 is 2.25 bits per heavy atom. The first kappa shape index (κ1) is 12.4. The molecule has 0 aliphatic carbocycles. The number of rotatable bonds is 3. The molecule has 1 saturated heterocycles. The molecule has 0 spiro atoms. The summed E-state index contributed by atoms with van der Waals surface area (Å²) >= 11 is 9.54. The summed E-state index contributed by atoms with van der Waals surface area (Å²) in [5.41, 5.74) is 1.37. The van der Waals surface area contributed by atoms with Crippen LogP contribution in [-0.4, -0.2) is 23.4 Å². The van der Waals surface area contributed by atoms with Crippen molar-refractivity contribution in [2.24, 2.45) is 0 Å². The van der Waals surface area contributed by atoms with E-state index in [2.05, 4.69) is 45.1 Å². The molecule has 1 aliphatic rings. The molecule has 0 bridgehead atoms. The molecule has 0 saturated carbocycles. The smallest absolute Gasteiger partial charge is 0.0379 e. The van der Waals surface area contributed by atoms with E-state index in [-0.39, 0.29) is 0 Å². The van der Waals surface area contributed by atoms with Gasteiger partial charge in [-0.15, -0.1) is 11.6 Å². The fourth-order valence-electron chi connectivity index (χ4n) is 2.31. The number of nitrogens with zero attached hydrogens (tertiary/aromatic N) is 1. The summed E-state index contributed by atoms with van der Waals surface area (Å²) in [6.07, 6.45) is 3.88. The zero-order valence-corrected chi connectivity index (χ0v) is 11.7. The molecule has 1 unspecified atom stereocenters. The minimum atomic E-state index is 0.564. The van der Waals surface area contributed by atoms with Gasteiger partial charge in [-0.05, 0) is 37.1 Å². The number of halogens is 2. The lowest BCUT2D eigenvalue weighted by Gasteiger charge is -2.34. The zero-order valence-electron chi connectivity index (χ0n) is 9.33. The monoisotopic (exact) mass is 301 g/mol. The normalized spacial score (nSPS) is 22.2. The van der Waals surface area contributed by atoms with Crippen molar-refractivity contribution in [1.82, 2.24) is 4.90 Å². The van der Waals surface area contributed by atoms with Crippen LogP contribution in [0.2, 0.25) is 0 Å². The zero-order chi connectivity index (χ0) is 11.4. The summed E-state index contributed by atoms with van der Waals surface area (Å²) in [5.74, 6) is 0.758. The Balaban J connectivity index is 2.02. The average Bonchev–Trinajstić information content (AvgIpc) is 2.30. The van der Waals surface area contributed by atoms with Crippen molar-refractivity contribution in [3.05, 3.63) is 34.3 Å². The Hall–Kier alpha value is -0.0500. The summed E-state index contributed by atoms with van der Waals surface area (Å²) < 4.78 is 1.16. The van der Waals surface area contributed by atoms with Crippen molar-refractivity contribution in [3.8, 4) is 0 Å². The standard InChI is InChI=1S/C13H17BrClN/c14-12-5-3-4-11(8-12)10-16-7-2-1-6-13(16)9-15/h3-5,8,13H,1-2,6-7,9-10H2. The van der Waals surface area contributed by atoms with E-state index in [1.54, 1.807) is 0 Å². The second-order valence-corrected chi connectivity index (χ2v) is 5.63. The van der Waals surface area contributed by atoms with Gasteiger partial charge in [0.25, 0.3) is 0 Å². The number of likely N-dealkylation sites (tertiary alicyclic amines) is 1. The predicted octanol–water partition coefficient (Wildman–Crippen LogP) is 4.04. The van der Waals surface area contributed by atoms with E-state index in [4.69, 9.17) is 11.6 Å². The van der Waals surface area contributed by atoms with Crippen LogP contribution in [0.1, 0.15) is 24.8 Å². The number of benzene rings is 1. The van der Waals surface area contributed by atoms with E-state index in [0.29, 0.717) is 6.04 Å². The Bertz CT molecular complexity index is 342.